The molecule has 0 saturated heterocycles. The van der Waals surface area contributed by atoms with Gasteiger partial charge in [0.05, 0.1) is 0 Å². The van der Waals surface area contributed by atoms with E-state index < -0.39 is 0 Å². The average Bonchev–Trinajstić information content (AvgIpc) is 2.68. The Morgan fingerprint density at radius 1 is 0.429 bits per heavy atom. The van der Waals surface area contributed by atoms with Gasteiger partial charge < -0.3 is 10.2 Å². The van der Waals surface area contributed by atoms with E-state index in [-0.39, 0.29) is 0 Å². The number of hydrogen-bond donors (Lipinski definition) is 1. The molecular weight excluding hydrogens is 340 g/mol. The summed E-state index contributed by atoms with van der Waals surface area (Å²) >= 11 is 0. The van der Waals surface area contributed by atoms with E-state index >= 15 is 0 Å². The number of unbranched alkanes of at least 4 members (excludes halogenated alkanes) is 19. The molecule has 0 bridgehead atoms. The van der Waals surface area contributed by atoms with Gasteiger partial charge in [-0.15, -0.1) is 0 Å². The number of nitrogens with zero attached hydrogens (tertiary/aromatic N) is 1. The summed E-state index contributed by atoms with van der Waals surface area (Å²) in [6, 6.07) is 0. The van der Waals surface area contributed by atoms with Crippen molar-refractivity contribution < 1.29 is 0 Å². The zero-order valence-electron chi connectivity index (χ0n) is 20.2. The standard InChI is InChI=1S/C26H56N2/c1-4-5-6-7-8-9-10-11-12-13-14-15-16-17-18-19-20-21-22-23-24-27-25-26-28(2)3/h27H,4-26H2,1-3H3. The maximum absolute atomic E-state index is 3.53. The van der Waals surface area contributed by atoms with Gasteiger partial charge in [-0.3, -0.25) is 0 Å². The monoisotopic (exact) mass is 396 g/mol. The van der Waals surface area contributed by atoms with Gasteiger partial charge in [-0.1, -0.05) is 129 Å². The van der Waals surface area contributed by atoms with Crippen LogP contribution in [0.5, 0.6) is 0 Å². The van der Waals surface area contributed by atoms with E-state index in [0.717, 1.165) is 13.1 Å². The molecule has 28 heavy (non-hydrogen) atoms. The second-order valence-electron chi connectivity index (χ2n) is 9.27. The molecular formula is C26H56N2. The molecule has 0 unspecified atom stereocenters. The van der Waals surface area contributed by atoms with Crippen LogP contribution < -0.4 is 5.32 Å². The Hall–Kier alpha value is -0.0800. The van der Waals surface area contributed by atoms with Crippen molar-refractivity contribution in [1.82, 2.24) is 10.2 Å². The molecule has 0 aromatic carbocycles. The molecule has 0 spiro atoms. The van der Waals surface area contributed by atoms with Gasteiger partial charge in [-0.05, 0) is 27.1 Å². The van der Waals surface area contributed by atoms with Crippen LogP contribution in [0.25, 0.3) is 0 Å². The smallest absolute Gasteiger partial charge is 0.0101 e. The molecule has 170 valence electrons. The summed E-state index contributed by atoms with van der Waals surface area (Å²) < 4.78 is 0. The van der Waals surface area contributed by atoms with Gasteiger partial charge in [0.2, 0.25) is 0 Å². The maximum atomic E-state index is 3.53. The number of hydrogen-bond acceptors (Lipinski definition) is 2. The third kappa shape index (κ3) is 25.9. The van der Waals surface area contributed by atoms with Crippen molar-refractivity contribution in [1.29, 1.82) is 0 Å². The van der Waals surface area contributed by atoms with E-state index in [1.807, 2.05) is 0 Å². The Labute approximate surface area is 179 Å². The first-order valence-electron chi connectivity index (χ1n) is 13.1. The highest BCUT2D eigenvalue weighted by Crippen LogP contribution is 2.14. The average molecular weight is 397 g/mol. The molecule has 0 aromatic rings. The molecule has 0 aliphatic heterocycles. The van der Waals surface area contributed by atoms with Crippen molar-refractivity contribution in [2.24, 2.45) is 0 Å². The topological polar surface area (TPSA) is 15.3 Å². The van der Waals surface area contributed by atoms with Crippen LogP contribution in [0.1, 0.15) is 135 Å². The summed E-state index contributed by atoms with van der Waals surface area (Å²) in [5.41, 5.74) is 0. The SMILES string of the molecule is CCCCCCCCCCCCCCCCCCCCCCNCCN(C)C. The third-order valence-electron chi connectivity index (χ3n) is 5.94. The van der Waals surface area contributed by atoms with E-state index in [2.05, 4.69) is 31.2 Å². The minimum absolute atomic E-state index is 1.13. The van der Waals surface area contributed by atoms with Crippen LogP contribution in [0.3, 0.4) is 0 Å². The van der Waals surface area contributed by atoms with Crippen molar-refractivity contribution in [2.45, 2.75) is 135 Å². The number of nitrogens with one attached hydrogen (secondary N) is 1. The Balaban J connectivity index is 2.98. The Kier molecular flexibility index (Phi) is 24.9. The summed E-state index contributed by atoms with van der Waals surface area (Å²) in [7, 11) is 4.28. The molecule has 0 aliphatic carbocycles. The van der Waals surface area contributed by atoms with Crippen LogP contribution >= 0.6 is 0 Å². The van der Waals surface area contributed by atoms with Crippen LogP contribution in [-0.2, 0) is 0 Å². The van der Waals surface area contributed by atoms with Crippen LogP contribution in [-0.4, -0.2) is 38.6 Å². The maximum Gasteiger partial charge on any atom is 0.0101 e. The summed E-state index contributed by atoms with van der Waals surface area (Å²) in [4.78, 5) is 2.24. The lowest BCUT2D eigenvalue weighted by molar-refractivity contribution is 0.398. The van der Waals surface area contributed by atoms with Crippen molar-refractivity contribution >= 4 is 0 Å². The van der Waals surface area contributed by atoms with E-state index in [0.29, 0.717) is 0 Å². The predicted octanol–water partition coefficient (Wildman–Crippen LogP) is 7.96. The normalized spacial score (nSPS) is 11.6. The van der Waals surface area contributed by atoms with Gasteiger partial charge in [0.1, 0.15) is 0 Å². The number of likely N-dealkylation sites (N-methyl/N-ethyl adjacent to an activating group) is 1. The second-order valence-corrected chi connectivity index (χ2v) is 9.27. The van der Waals surface area contributed by atoms with Crippen molar-refractivity contribution in [3.05, 3.63) is 0 Å². The zero-order valence-corrected chi connectivity index (χ0v) is 20.2. The lowest BCUT2D eigenvalue weighted by Gasteiger charge is -2.10. The molecule has 0 aromatic heterocycles. The first-order valence-corrected chi connectivity index (χ1v) is 13.1. The minimum Gasteiger partial charge on any atom is -0.315 e. The highest BCUT2D eigenvalue weighted by atomic mass is 15.1. The molecule has 0 atom stereocenters. The molecule has 0 saturated carbocycles. The largest absolute Gasteiger partial charge is 0.315 e. The van der Waals surface area contributed by atoms with Crippen molar-refractivity contribution in [2.75, 3.05) is 33.7 Å². The first-order chi connectivity index (χ1) is 13.8. The quantitative estimate of drug-likeness (QED) is 0.166. The van der Waals surface area contributed by atoms with E-state index in [4.69, 9.17) is 0 Å². The summed E-state index contributed by atoms with van der Waals surface area (Å²) in [6.45, 7) is 5.79. The summed E-state index contributed by atoms with van der Waals surface area (Å²) in [5, 5.41) is 3.53. The second kappa shape index (κ2) is 25.0. The Bertz CT molecular complexity index is 265. The molecule has 0 radical (unpaired) electrons. The summed E-state index contributed by atoms with van der Waals surface area (Å²) in [5.74, 6) is 0. The van der Waals surface area contributed by atoms with E-state index in [1.54, 1.807) is 0 Å². The fraction of sp³-hybridized carbons (Fsp3) is 1.00. The molecule has 0 fully saturated rings. The fourth-order valence-corrected chi connectivity index (χ4v) is 3.93. The molecule has 0 aliphatic rings. The molecule has 0 heterocycles. The highest BCUT2D eigenvalue weighted by Gasteiger charge is 1.96. The first kappa shape index (κ1) is 27.9. The molecule has 2 heteroatoms. The molecule has 0 rings (SSSR count). The lowest BCUT2D eigenvalue weighted by Crippen LogP contribution is -2.27. The van der Waals surface area contributed by atoms with E-state index in [9.17, 15) is 0 Å². The third-order valence-corrected chi connectivity index (χ3v) is 5.94. The van der Waals surface area contributed by atoms with Gasteiger partial charge in [0.25, 0.3) is 0 Å². The minimum atomic E-state index is 1.13. The lowest BCUT2D eigenvalue weighted by atomic mass is 10.0. The van der Waals surface area contributed by atoms with Gasteiger partial charge in [0, 0.05) is 13.1 Å². The zero-order chi connectivity index (χ0) is 20.5. The van der Waals surface area contributed by atoms with Crippen LogP contribution in [0, 0.1) is 0 Å². The molecule has 1 N–H and O–H groups in total. The summed E-state index contributed by atoms with van der Waals surface area (Å²) in [6.07, 6.45) is 29.2. The molecule has 2 nitrogen and oxygen atoms in total. The van der Waals surface area contributed by atoms with Crippen LogP contribution in [0.2, 0.25) is 0 Å². The Morgan fingerprint density at radius 2 is 0.750 bits per heavy atom. The van der Waals surface area contributed by atoms with Crippen LogP contribution in [0.4, 0.5) is 0 Å². The highest BCUT2D eigenvalue weighted by molar-refractivity contribution is 4.53. The predicted molar refractivity (Wildman–Crippen MR) is 129 cm³/mol. The van der Waals surface area contributed by atoms with Crippen LogP contribution in [0.15, 0.2) is 0 Å². The van der Waals surface area contributed by atoms with Gasteiger partial charge in [-0.25, -0.2) is 0 Å². The van der Waals surface area contributed by atoms with Crippen molar-refractivity contribution in [3.63, 3.8) is 0 Å². The number of rotatable bonds is 24. The van der Waals surface area contributed by atoms with Gasteiger partial charge in [-0.2, -0.15) is 0 Å². The Morgan fingerprint density at radius 3 is 1.07 bits per heavy atom. The van der Waals surface area contributed by atoms with Crippen molar-refractivity contribution in [3.8, 4) is 0 Å². The molecule has 0 amide bonds. The van der Waals surface area contributed by atoms with Gasteiger partial charge in [0.15, 0.2) is 0 Å². The van der Waals surface area contributed by atoms with Gasteiger partial charge >= 0.3 is 0 Å². The fourth-order valence-electron chi connectivity index (χ4n) is 3.93. The van der Waals surface area contributed by atoms with E-state index in [1.165, 1.54) is 135 Å².